The monoisotopic (exact) mass is 428 g/mol. The van der Waals surface area contributed by atoms with Gasteiger partial charge in [0, 0.05) is 32.6 Å². The van der Waals surface area contributed by atoms with Crippen LogP contribution >= 0.6 is 11.3 Å². The Morgan fingerprint density at radius 1 is 1.10 bits per heavy atom. The highest BCUT2D eigenvalue weighted by molar-refractivity contribution is 7.89. The lowest BCUT2D eigenvalue weighted by Crippen LogP contribution is -2.43. The molecule has 1 saturated heterocycles. The van der Waals surface area contributed by atoms with E-state index in [1.165, 1.54) is 4.31 Å². The molecule has 0 aliphatic carbocycles. The lowest BCUT2D eigenvalue weighted by atomic mass is 9.96. The number of fused-ring (bicyclic) bond motifs is 1. The van der Waals surface area contributed by atoms with Gasteiger partial charge in [-0.05, 0) is 58.1 Å². The number of carbonyl (C=O) groups excluding carboxylic acids is 1. The van der Waals surface area contributed by atoms with E-state index in [1.54, 1.807) is 28.4 Å². The summed E-state index contributed by atoms with van der Waals surface area (Å²) in [5.41, 5.74) is 1.13. The molecule has 4 rings (SSSR count). The van der Waals surface area contributed by atoms with Gasteiger partial charge in [0.1, 0.15) is 0 Å². The average Bonchev–Trinajstić information content (AvgIpc) is 3.26. The summed E-state index contributed by atoms with van der Waals surface area (Å²) in [5.74, 6) is -0.0272. The third-order valence-corrected chi connectivity index (χ3v) is 8.16. The molecule has 0 spiro atoms. The molecule has 152 valence electrons. The second-order valence-corrected chi connectivity index (χ2v) is 10.2. The number of hydrogen-bond acceptors (Lipinski definition) is 4. The molecule has 0 N–H and O–H groups in total. The molecule has 29 heavy (non-hydrogen) atoms. The average molecular weight is 429 g/mol. The van der Waals surface area contributed by atoms with Crippen molar-refractivity contribution in [1.82, 2.24) is 9.21 Å². The van der Waals surface area contributed by atoms with E-state index in [2.05, 4.69) is 0 Å². The van der Waals surface area contributed by atoms with Crippen LogP contribution in [0.1, 0.15) is 18.4 Å². The van der Waals surface area contributed by atoms with Gasteiger partial charge in [0.15, 0.2) is 0 Å². The van der Waals surface area contributed by atoms with Crippen molar-refractivity contribution in [2.45, 2.75) is 24.3 Å². The van der Waals surface area contributed by atoms with Crippen molar-refractivity contribution in [1.29, 1.82) is 0 Å². The third kappa shape index (κ3) is 4.22. The van der Waals surface area contributed by atoms with Crippen molar-refractivity contribution < 1.29 is 13.2 Å². The number of thiophene rings is 1. The predicted octanol–water partition coefficient (Wildman–Crippen LogP) is 3.96. The molecule has 1 amide bonds. The van der Waals surface area contributed by atoms with Crippen molar-refractivity contribution >= 4 is 38.0 Å². The van der Waals surface area contributed by atoms with Crippen molar-refractivity contribution in [2.75, 3.05) is 20.1 Å². The molecule has 2 heterocycles. The number of rotatable bonds is 5. The second-order valence-electron chi connectivity index (χ2n) is 7.51. The van der Waals surface area contributed by atoms with E-state index in [0.29, 0.717) is 37.4 Å². The Bertz CT molecular complexity index is 1100. The zero-order valence-electron chi connectivity index (χ0n) is 16.3. The summed E-state index contributed by atoms with van der Waals surface area (Å²) >= 11 is 1.62. The van der Waals surface area contributed by atoms with E-state index >= 15 is 0 Å². The molecule has 7 heteroatoms. The Morgan fingerprint density at radius 3 is 2.52 bits per heavy atom. The Kier molecular flexibility index (Phi) is 5.72. The fourth-order valence-corrected chi connectivity index (χ4v) is 6.03. The van der Waals surface area contributed by atoms with Gasteiger partial charge in [0.25, 0.3) is 0 Å². The SMILES string of the molecule is CN(Cc1ccsc1)C(=O)C1CCN(S(=O)(=O)c2ccc3ccccc3c2)CC1. The van der Waals surface area contributed by atoms with Crippen LogP contribution < -0.4 is 0 Å². The van der Waals surface area contributed by atoms with E-state index in [4.69, 9.17) is 0 Å². The Labute approximate surface area is 175 Å². The molecular formula is C22H24N2O3S2. The maximum absolute atomic E-state index is 13.1. The maximum atomic E-state index is 13.1. The summed E-state index contributed by atoms with van der Waals surface area (Å²) in [6, 6.07) is 15.0. The van der Waals surface area contributed by atoms with Gasteiger partial charge in [-0.15, -0.1) is 0 Å². The first-order chi connectivity index (χ1) is 13.9. The molecule has 0 unspecified atom stereocenters. The fraction of sp³-hybridized carbons (Fsp3) is 0.318. The van der Waals surface area contributed by atoms with E-state index in [-0.39, 0.29) is 11.8 Å². The highest BCUT2D eigenvalue weighted by Crippen LogP contribution is 2.27. The molecule has 1 aromatic heterocycles. The molecule has 0 radical (unpaired) electrons. The van der Waals surface area contributed by atoms with Crippen molar-refractivity contribution in [3.8, 4) is 0 Å². The first kappa shape index (κ1) is 20.1. The van der Waals surface area contributed by atoms with Gasteiger partial charge in [0.05, 0.1) is 4.90 Å². The standard InChI is InChI=1S/C22H24N2O3S2/c1-23(15-17-10-13-28-16-17)22(25)19-8-11-24(12-9-19)29(26,27)21-7-6-18-4-2-3-5-20(18)14-21/h2-7,10,13-14,16,19H,8-9,11-12,15H2,1H3. The Hall–Kier alpha value is -2.22. The Morgan fingerprint density at radius 2 is 1.83 bits per heavy atom. The van der Waals surface area contributed by atoms with Gasteiger partial charge < -0.3 is 4.90 Å². The molecule has 1 aliphatic rings. The van der Waals surface area contributed by atoms with Crippen molar-refractivity contribution in [3.63, 3.8) is 0 Å². The topological polar surface area (TPSA) is 57.7 Å². The number of piperidine rings is 1. The van der Waals surface area contributed by atoms with E-state index in [0.717, 1.165) is 16.3 Å². The zero-order valence-corrected chi connectivity index (χ0v) is 18.0. The van der Waals surface area contributed by atoms with Crippen LogP contribution in [0.4, 0.5) is 0 Å². The number of amides is 1. The largest absolute Gasteiger partial charge is 0.341 e. The zero-order chi connectivity index (χ0) is 20.4. The van der Waals surface area contributed by atoms with Gasteiger partial charge in [-0.1, -0.05) is 30.3 Å². The van der Waals surface area contributed by atoms with Gasteiger partial charge in [-0.3, -0.25) is 4.79 Å². The van der Waals surface area contributed by atoms with Gasteiger partial charge in [-0.2, -0.15) is 15.6 Å². The Balaban J connectivity index is 1.42. The van der Waals surface area contributed by atoms with Crippen LogP contribution in [-0.2, 0) is 21.4 Å². The van der Waals surface area contributed by atoms with E-state index in [1.807, 2.05) is 54.2 Å². The molecule has 1 fully saturated rings. The summed E-state index contributed by atoms with van der Waals surface area (Å²) in [6.07, 6.45) is 1.11. The molecule has 0 saturated carbocycles. The van der Waals surface area contributed by atoms with Crippen LogP contribution in [0.5, 0.6) is 0 Å². The van der Waals surface area contributed by atoms with Crippen LogP contribution in [0, 0.1) is 5.92 Å². The first-order valence-electron chi connectivity index (χ1n) is 9.70. The molecule has 2 aromatic carbocycles. The third-order valence-electron chi connectivity index (χ3n) is 5.54. The number of benzene rings is 2. The predicted molar refractivity (Wildman–Crippen MR) is 116 cm³/mol. The summed E-state index contributed by atoms with van der Waals surface area (Å²) in [4.78, 5) is 14.8. The summed E-state index contributed by atoms with van der Waals surface area (Å²) in [6.45, 7) is 1.34. The van der Waals surface area contributed by atoms with Crippen molar-refractivity contribution in [2.24, 2.45) is 5.92 Å². The number of sulfonamides is 1. The second kappa shape index (κ2) is 8.26. The summed E-state index contributed by atoms with van der Waals surface area (Å²) < 4.78 is 27.7. The summed E-state index contributed by atoms with van der Waals surface area (Å²) in [7, 11) is -1.74. The fourth-order valence-electron chi connectivity index (χ4n) is 3.87. The molecule has 3 aromatic rings. The number of hydrogen-bond donors (Lipinski definition) is 0. The molecule has 0 bridgehead atoms. The number of nitrogens with zero attached hydrogens (tertiary/aromatic N) is 2. The van der Waals surface area contributed by atoms with Crippen LogP contribution in [0.15, 0.2) is 64.2 Å². The lowest BCUT2D eigenvalue weighted by molar-refractivity contribution is -0.135. The molecule has 5 nitrogen and oxygen atoms in total. The molecule has 1 aliphatic heterocycles. The smallest absolute Gasteiger partial charge is 0.243 e. The first-order valence-corrected chi connectivity index (χ1v) is 12.1. The molecule has 0 atom stereocenters. The minimum atomic E-state index is -3.55. The van der Waals surface area contributed by atoms with E-state index in [9.17, 15) is 13.2 Å². The summed E-state index contributed by atoms with van der Waals surface area (Å²) in [5, 5.41) is 5.98. The van der Waals surface area contributed by atoms with Gasteiger partial charge in [-0.25, -0.2) is 8.42 Å². The minimum Gasteiger partial charge on any atom is -0.341 e. The van der Waals surface area contributed by atoms with Crippen LogP contribution in [0.3, 0.4) is 0 Å². The molecular weight excluding hydrogens is 404 g/mol. The van der Waals surface area contributed by atoms with Crippen LogP contribution in [0.25, 0.3) is 10.8 Å². The van der Waals surface area contributed by atoms with Gasteiger partial charge >= 0.3 is 0 Å². The van der Waals surface area contributed by atoms with Gasteiger partial charge in [0.2, 0.25) is 15.9 Å². The normalized spacial score (nSPS) is 16.2. The van der Waals surface area contributed by atoms with Crippen LogP contribution in [0.2, 0.25) is 0 Å². The lowest BCUT2D eigenvalue weighted by Gasteiger charge is -2.32. The highest BCUT2D eigenvalue weighted by Gasteiger charge is 2.33. The quantitative estimate of drug-likeness (QED) is 0.618. The van der Waals surface area contributed by atoms with Crippen LogP contribution in [-0.4, -0.2) is 43.7 Å². The van der Waals surface area contributed by atoms with Crippen molar-refractivity contribution in [3.05, 3.63) is 64.9 Å². The number of carbonyl (C=O) groups is 1. The van der Waals surface area contributed by atoms with E-state index < -0.39 is 10.0 Å². The minimum absolute atomic E-state index is 0.0963. The maximum Gasteiger partial charge on any atom is 0.243 e. The highest BCUT2D eigenvalue weighted by atomic mass is 32.2.